The van der Waals surface area contributed by atoms with Gasteiger partial charge in [0.15, 0.2) is 0 Å². The van der Waals surface area contributed by atoms with E-state index in [1.807, 2.05) is 79.9 Å². The Hall–Kier alpha value is -3.53. The summed E-state index contributed by atoms with van der Waals surface area (Å²) >= 11 is 0. The maximum absolute atomic E-state index is 13.4. The predicted octanol–water partition coefficient (Wildman–Crippen LogP) is 5.67. The lowest BCUT2D eigenvalue weighted by Gasteiger charge is -2.18. The van der Waals surface area contributed by atoms with Gasteiger partial charge in [-0.05, 0) is 49.1 Å². The summed E-state index contributed by atoms with van der Waals surface area (Å²) in [6.07, 6.45) is 3.80. The van der Waals surface area contributed by atoms with Gasteiger partial charge in [0.05, 0.1) is 11.5 Å². The van der Waals surface area contributed by atoms with E-state index in [4.69, 9.17) is 4.74 Å². The van der Waals surface area contributed by atoms with Crippen LogP contribution in [0.3, 0.4) is 0 Å². The number of aryl methyl sites for hydroxylation is 1. The van der Waals surface area contributed by atoms with Gasteiger partial charge in [-0.3, -0.25) is 0 Å². The third-order valence-electron chi connectivity index (χ3n) is 5.77. The van der Waals surface area contributed by atoms with Crippen LogP contribution in [0.25, 0.3) is 10.9 Å². The molecule has 1 N–H and O–H groups in total. The average Bonchev–Trinajstić information content (AvgIpc) is 3.29. The highest BCUT2D eigenvalue weighted by Gasteiger charge is 2.22. The molecule has 3 aromatic carbocycles. The molecule has 0 atom stereocenters. The zero-order valence-corrected chi connectivity index (χ0v) is 20.7. The summed E-state index contributed by atoms with van der Waals surface area (Å²) in [6.45, 7) is 3.34. The number of para-hydroxylation sites is 1. The summed E-state index contributed by atoms with van der Waals surface area (Å²) in [7, 11) is -3.74. The van der Waals surface area contributed by atoms with E-state index in [0.717, 1.165) is 34.0 Å². The van der Waals surface area contributed by atoms with Crippen LogP contribution in [-0.4, -0.2) is 30.9 Å². The molecular weight excluding hydrogens is 456 g/mol. The summed E-state index contributed by atoms with van der Waals surface area (Å²) < 4.78 is 33.8. The zero-order valence-electron chi connectivity index (χ0n) is 19.9. The summed E-state index contributed by atoms with van der Waals surface area (Å²) in [5.41, 5.74) is 4.25. The van der Waals surface area contributed by atoms with E-state index < -0.39 is 10.0 Å². The second kappa shape index (κ2) is 11.7. The first-order chi connectivity index (χ1) is 17.0. The molecule has 4 rings (SSSR count). The summed E-state index contributed by atoms with van der Waals surface area (Å²) in [5.74, 6) is 3.05. The Labute approximate surface area is 207 Å². The number of fused-ring (bicyclic) bond motifs is 1. The standard InChI is InChI=1S/C29H30N2O3S/c1-24-14-16-27(17-15-24)35(32,33)31(20-18-26-22-30-29-13-7-6-12-28(26)29)19-8-3-9-21-34-23-25-10-4-2-5-11-25/h2,4-7,10-17,22,30H,3,9,18,20-21,23H2,1H3. The third kappa shape index (κ3) is 6.54. The number of benzene rings is 3. The molecule has 0 unspecified atom stereocenters. The fourth-order valence-corrected chi connectivity index (χ4v) is 5.06. The van der Waals surface area contributed by atoms with Crippen LogP contribution in [0.4, 0.5) is 0 Å². The van der Waals surface area contributed by atoms with Crippen LogP contribution in [0.5, 0.6) is 0 Å². The normalized spacial score (nSPS) is 11.2. The van der Waals surface area contributed by atoms with Gasteiger partial charge in [-0.25, -0.2) is 12.7 Å². The van der Waals surface area contributed by atoms with Gasteiger partial charge in [0.2, 0.25) is 0 Å². The summed E-state index contributed by atoms with van der Waals surface area (Å²) in [4.78, 5) is 3.51. The van der Waals surface area contributed by atoms with Crippen molar-refractivity contribution in [2.24, 2.45) is 0 Å². The van der Waals surface area contributed by atoms with Crippen LogP contribution < -0.4 is 0 Å². The second-order valence-electron chi connectivity index (χ2n) is 8.43. The SMILES string of the molecule is Cc1ccc(S(=O)(=O)N(C#CCCCOCc2ccccc2)CCc2c[nH]c3ccccc23)cc1. The Kier molecular flexibility index (Phi) is 8.25. The van der Waals surface area contributed by atoms with E-state index >= 15 is 0 Å². The monoisotopic (exact) mass is 486 g/mol. The first kappa shape index (κ1) is 24.6. The van der Waals surface area contributed by atoms with E-state index in [2.05, 4.69) is 16.9 Å². The molecule has 0 aliphatic carbocycles. The molecule has 6 heteroatoms. The minimum atomic E-state index is -3.74. The number of aromatic nitrogens is 1. The van der Waals surface area contributed by atoms with Crippen LogP contribution in [0.1, 0.15) is 29.5 Å². The largest absolute Gasteiger partial charge is 0.377 e. The molecule has 0 amide bonds. The molecular formula is C29H30N2O3S. The predicted molar refractivity (Wildman–Crippen MR) is 140 cm³/mol. The van der Waals surface area contributed by atoms with Crippen molar-refractivity contribution in [3.05, 3.63) is 102 Å². The molecule has 5 nitrogen and oxygen atoms in total. The molecule has 0 fully saturated rings. The average molecular weight is 487 g/mol. The Bertz CT molecular complexity index is 1400. The minimum absolute atomic E-state index is 0.252. The molecule has 0 aliphatic rings. The maximum Gasteiger partial charge on any atom is 0.270 e. The van der Waals surface area contributed by atoms with E-state index in [0.29, 0.717) is 26.1 Å². The molecule has 35 heavy (non-hydrogen) atoms. The van der Waals surface area contributed by atoms with Gasteiger partial charge < -0.3 is 9.72 Å². The second-order valence-corrected chi connectivity index (χ2v) is 10.3. The number of H-pyrrole nitrogens is 1. The molecule has 4 aromatic rings. The first-order valence-electron chi connectivity index (χ1n) is 11.8. The Morgan fingerprint density at radius 1 is 0.943 bits per heavy atom. The van der Waals surface area contributed by atoms with Crippen molar-refractivity contribution in [3.63, 3.8) is 0 Å². The Morgan fingerprint density at radius 3 is 2.49 bits per heavy atom. The van der Waals surface area contributed by atoms with E-state index in [-0.39, 0.29) is 11.4 Å². The molecule has 0 saturated carbocycles. The zero-order chi connectivity index (χ0) is 24.5. The Balaban J connectivity index is 1.41. The van der Waals surface area contributed by atoms with Gasteiger partial charge in [-0.2, -0.15) is 0 Å². The number of hydrogen-bond acceptors (Lipinski definition) is 3. The lowest BCUT2D eigenvalue weighted by atomic mass is 10.1. The molecule has 0 saturated heterocycles. The van der Waals surface area contributed by atoms with Crippen LogP contribution >= 0.6 is 0 Å². The quantitative estimate of drug-likeness (QED) is 0.179. The lowest BCUT2D eigenvalue weighted by molar-refractivity contribution is 0.119. The van der Waals surface area contributed by atoms with E-state index in [9.17, 15) is 8.42 Å². The summed E-state index contributed by atoms with van der Waals surface area (Å²) in [6, 6.07) is 27.9. The van der Waals surface area contributed by atoms with Gasteiger partial charge in [-0.1, -0.05) is 72.1 Å². The summed E-state index contributed by atoms with van der Waals surface area (Å²) in [5, 5.41) is 1.10. The highest BCUT2D eigenvalue weighted by atomic mass is 32.2. The fraction of sp³-hybridized carbons (Fsp3) is 0.241. The maximum atomic E-state index is 13.4. The number of sulfonamides is 1. The molecule has 1 aromatic heterocycles. The van der Waals surface area contributed by atoms with Crippen molar-refractivity contribution < 1.29 is 13.2 Å². The highest BCUT2D eigenvalue weighted by molar-refractivity contribution is 7.89. The molecule has 0 radical (unpaired) electrons. The van der Waals surface area contributed by atoms with Crippen molar-refractivity contribution in [3.8, 4) is 12.0 Å². The first-order valence-corrected chi connectivity index (χ1v) is 13.2. The van der Waals surface area contributed by atoms with Crippen molar-refractivity contribution in [1.29, 1.82) is 0 Å². The van der Waals surface area contributed by atoms with E-state index in [1.165, 1.54) is 4.31 Å². The number of unbranched alkanes of at least 4 members (excludes halogenated alkanes) is 1. The number of rotatable bonds is 10. The van der Waals surface area contributed by atoms with Gasteiger partial charge in [0.1, 0.15) is 0 Å². The number of hydrogen-bond donors (Lipinski definition) is 1. The number of ether oxygens (including phenoxy) is 1. The molecule has 0 spiro atoms. The lowest BCUT2D eigenvalue weighted by Crippen LogP contribution is -2.28. The van der Waals surface area contributed by atoms with Gasteiger partial charge in [0.25, 0.3) is 10.0 Å². The van der Waals surface area contributed by atoms with Crippen molar-refractivity contribution in [2.75, 3.05) is 13.2 Å². The molecule has 1 heterocycles. The number of aromatic amines is 1. The molecule has 0 aliphatic heterocycles. The van der Waals surface area contributed by atoms with Gasteiger partial charge >= 0.3 is 0 Å². The van der Waals surface area contributed by atoms with Crippen LogP contribution in [-0.2, 0) is 27.8 Å². The van der Waals surface area contributed by atoms with E-state index in [1.54, 1.807) is 12.1 Å². The van der Waals surface area contributed by atoms with Crippen molar-refractivity contribution in [1.82, 2.24) is 9.29 Å². The fourth-order valence-electron chi connectivity index (χ4n) is 3.81. The smallest absolute Gasteiger partial charge is 0.270 e. The topological polar surface area (TPSA) is 62.4 Å². The van der Waals surface area contributed by atoms with Crippen molar-refractivity contribution in [2.45, 2.75) is 37.7 Å². The van der Waals surface area contributed by atoms with Crippen LogP contribution in [0, 0.1) is 18.9 Å². The Morgan fingerprint density at radius 2 is 1.69 bits per heavy atom. The third-order valence-corrected chi connectivity index (χ3v) is 7.50. The number of nitrogens with zero attached hydrogens (tertiary/aromatic N) is 1. The van der Waals surface area contributed by atoms with Crippen molar-refractivity contribution >= 4 is 20.9 Å². The van der Waals surface area contributed by atoms with Gasteiger partial charge in [-0.15, -0.1) is 0 Å². The molecule has 180 valence electrons. The van der Waals surface area contributed by atoms with Crippen LogP contribution in [0.2, 0.25) is 0 Å². The minimum Gasteiger partial charge on any atom is -0.377 e. The number of nitrogens with one attached hydrogen (secondary N) is 1. The highest BCUT2D eigenvalue weighted by Crippen LogP contribution is 2.21. The van der Waals surface area contributed by atoms with Crippen LogP contribution in [0.15, 0.2) is 90.0 Å². The molecule has 0 bridgehead atoms. The van der Waals surface area contributed by atoms with Gasteiger partial charge in [0, 0.05) is 42.7 Å².